The largest absolute Gasteiger partial charge is 0.394 e. The van der Waals surface area contributed by atoms with Gasteiger partial charge in [-0.3, -0.25) is 0 Å². The van der Waals surface area contributed by atoms with Crippen LogP contribution in [0.2, 0.25) is 5.02 Å². The SMILES string of the molecule is OCC(Cc1c[nH]c2ccccc12)Nc1nnc(Cc2ccc(Cl)cc2)s1. The van der Waals surface area contributed by atoms with E-state index in [0.717, 1.165) is 26.2 Å². The minimum absolute atomic E-state index is 0.0194. The summed E-state index contributed by atoms with van der Waals surface area (Å²) >= 11 is 7.43. The van der Waals surface area contributed by atoms with E-state index in [1.54, 1.807) is 0 Å². The summed E-state index contributed by atoms with van der Waals surface area (Å²) in [7, 11) is 0. The van der Waals surface area contributed by atoms with Crippen molar-refractivity contribution in [2.24, 2.45) is 0 Å². The number of para-hydroxylation sites is 1. The molecule has 0 saturated heterocycles. The molecule has 5 nitrogen and oxygen atoms in total. The number of rotatable bonds is 7. The fourth-order valence-electron chi connectivity index (χ4n) is 3.06. The highest BCUT2D eigenvalue weighted by Crippen LogP contribution is 2.23. The number of aliphatic hydroxyl groups is 1. The molecule has 4 aromatic rings. The Bertz CT molecular complexity index is 1030. The minimum atomic E-state index is -0.125. The number of nitrogens with zero attached hydrogens (tertiary/aromatic N) is 2. The fraction of sp³-hybridized carbons (Fsp3) is 0.200. The molecule has 0 radical (unpaired) electrons. The normalized spacial score (nSPS) is 12.4. The number of benzene rings is 2. The minimum Gasteiger partial charge on any atom is -0.394 e. The molecule has 0 aliphatic heterocycles. The molecule has 0 aliphatic carbocycles. The first-order valence-corrected chi connectivity index (χ1v) is 9.90. The van der Waals surface area contributed by atoms with Gasteiger partial charge < -0.3 is 15.4 Å². The average Bonchev–Trinajstić information content (AvgIpc) is 3.30. The third-order valence-corrected chi connectivity index (χ3v) is 5.53. The summed E-state index contributed by atoms with van der Waals surface area (Å²) < 4.78 is 0. The summed E-state index contributed by atoms with van der Waals surface area (Å²) in [4.78, 5) is 3.27. The number of hydrogen-bond donors (Lipinski definition) is 3. The second-order valence-corrected chi connectivity index (χ2v) is 7.89. The van der Waals surface area contributed by atoms with Gasteiger partial charge in [-0.15, -0.1) is 10.2 Å². The van der Waals surface area contributed by atoms with Gasteiger partial charge >= 0.3 is 0 Å². The topological polar surface area (TPSA) is 73.8 Å². The van der Waals surface area contributed by atoms with Gasteiger partial charge in [-0.05, 0) is 35.7 Å². The first-order valence-electron chi connectivity index (χ1n) is 8.70. The van der Waals surface area contributed by atoms with Crippen molar-refractivity contribution in [3.63, 3.8) is 0 Å². The number of aromatic amines is 1. The van der Waals surface area contributed by atoms with E-state index in [4.69, 9.17) is 11.6 Å². The molecule has 1 atom stereocenters. The maximum absolute atomic E-state index is 9.80. The lowest BCUT2D eigenvalue weighted by molar-refractivity contribution is 0.274. The lowest BCUT2D eigenvalue weighted by atomic mass is 10.1. The third-order valence-electron chi connectivity index (χ3n) is 4.42. The number of fused-ring (bicyclic) bond motifs is 1. The molecule has 27 heavy (non-hydrogen) atoms. The van der Waals surface area contributed by atoms with Crippen molar-refractivity contribution < 1.29 is 5.11 Å². The summed E-state index contributed by atoms with van der Waals surface area (Å²) in [6.07, 6.45) is 3.41. The molecule has 0 fully saturated rings. The molecule has 0 aliphatic rings. The molecule has 3 N–H and O–H groups in total. The molecule has 4 rings (SSSR count). The van der Waals surface area contributed by atoms with Crippen LogP contribution in [0.5, 0.6) is 0 Å². The van der Waals surface area contributed by atoms with Crippen LogP contribution in [0, 0.1) is 0 Å². The van der Waals surface area contributed by atoms with Crippen LogP contribution in [0.25, 0.3) is 10.9 Å². The number of hydrogen-bond acceptors (Lipinski definition) is 5. The van der Waals surface area contributed by atoms with Crippen LogP contribution in [0.1, 0.15) is 16.1 Å². The Morgan fingerprint density at radius 1 is 1.11 bits per heavy atom. The number of aromatic nitrogens is 3. The zero-order valence-electron chi connectivity index (χ0n) is 14.5. The van der Waals surface area contributed by atoms with Gasteiger partial charge in [0.2, 0.25) is 5.13 Å². The van der Waals surface area contributed by atoms with Crippen LogP contribution in [0.15, 0.2) is 54.7 Å². The quantitative estimate of drug-likeness (QED) is 0.434. The van der Waals surface area contributed by atoms with Gasteiger partial charge in [0.15, 0.2) is 0 Å². The van der Waals surface area contributed by atoms with Gasteiger partial charge in [0, 0.05) is 28.5 Å². The summed E-state index contributed by atoms with van der Waals surface area (Å²) in [5.74, 6) is 0. The molecule has 0 bridgehead atoms. The van der Waals surface area contributed by atoms with E-state index in [2.05, 4.69) is 26.6 Å². The van der Waals surface area contributed by atoms with Crippen molar-refractivity contribution >= 4 is 39.0 Å². The van der Waals surface area contributed by atoms with Crippen LogP contribution in [0.4, 0.5) is 5.13 Å². The fourth-order valence-corrected chi connectivity index (χ4v) is 4.04. The predicted molar refractivity (Wildman–Crippen MR) is 111 cm³/mol. The highest BCUT2D eigenvalue weighted by molar-refractivity contribution is 7.15. The summed E-state index contributed by atoms with van der Waals surface area (Å²) in [6, 6.07) is 15.8. The van der Waals surface area contributed by atoms with E-state index < -0.39 is 0 Å². The van der Waals surface area contributed by atoms with Gasteiger partial charge in [0.1, 0.15) is 5.01 Å². The maximum atomic E-state index is 9.80. The Morgan fingerprint density at radius 3 is 2.74 bits per heavy atom. The van der Waals surface area contributed by atoms with Gasteiger partial charge in [-0.25, -0.2) is 0 Å². The van der Waals surface area contributed by atoms with Crippen LogP contribution >= 0.6 is 22.9 Å². The number of nitrogens with one attached hydrogen (secondary N) is 2. The van der Waals surface area contributed by atoms with E-state index in [0.29, 0.717) is 12.8 Å². The third kappa shape index (κ3) is 4.30. The molecule has 0 spiro atoms. The van der Waals surface area contributed by atoms with Crippen LogP contribution < -0.4 is 5.32 Å². The van der Waals surface area contributed by atoms with Gasteiger partial charge in [0.25, 0.3) is 0 Å². The van der Waals surface area contributed by atoms with E-state index in [-0.39, 0.29) is 12.6 Å². The van der Waals surface area contributed by atoms with Crippen LogP contribution in [0.3, 0.4) is 0 Å². The molecule has 2 aromatic heterocycles. The molecule has 2 aromatic carbocycles. The Balaban J connectivity index is 1.43. The predicted octanol–water partition coefficient (Wildman–Crippen LogP) is 4.28. The number of H-pyrrole nitrogens is 1. The highest BCUT2D eigenvalue weighted by atomic mass is 35.5. The zero-order chi connectivity index (χ0) is 18.6. The van der Waals surface area contributed by atoms with Crippen molar-refractivity contribution in [1.82, 2.24) is 15.2 Å². The molecular formula is C20H19ClN4OS. The van der Waals surface area contributed by atoms with E-state index in [1.807, 2.05) is 48.7 Å². The first kappa shape index (κ1) is 18.0. The molecule has 2 heterocycles. The monoisotopic (exact) mass is 398 g/mol. The van der Waals surface area contributed by atoms with Crippen molar-refractivity contribution in [2.45, 2.75) is 18.9 Å². The summed E-state index contributed by atoms with van der Waals surface area (Å²) in [5.41, 5.74) is 3.41. The lowest BCUT2D eigenvalue weighted by Gasteiger charge is -2.14. The first-order chi connectivity index (χ1) is 13.2. The smallest absolute Gasteiger partial charge is 0.205 e. The second kappa shape index (κ2) is 8.08. The van der Waals surface area contributed by atoms with Crippen LogP contribution in [-0.2, 0) is 12.8 Å². The lowest BCUT2D eigenvalue weighted by Crippen LogP contribution is -2.26. The second-order valence-electron chi connectivity index (χ2n) is 6.39. The molecule has 0 amide bonds. The van der Waals surface area contributed by atoms with Crippen molar-refractivity contribution in [3.8, 4) is 0 Å². The van der Waals surface area contributed by atoms with E-state index in [9.17, 15) is 5.11 Å². The van der Waals surface area contributed by atoms with Crippen molar-refractivity contribution in [2.75, 3.05) is 11.9 Å². The Hall–Kier alpha value is -2.41. The Morgan fingerprint density at radius 2 is 1.93 bits per heavy atom. The number of anilines is 1. The summed E-state index contributed by atoms with van der Waals surface area (Å²) in [6.45, 7) is 0.0194. The van der Waals surface area contributed by atoms with E-state index >= 15 is 0 Å². The highest BCUT2D eigenvalue weighted by Gasteiger charge is 2.14. The Labute approximate surface area is 166 Å². The number of halogens is 1. The molecule has 0 saturated carbocycles. The van der Waals surface area contributed by atoms with Gasteiger partial charge in [-0.1, -0.05) is 53.3 Å². The van der Waals surface area contributed by atoms with E-state index in [1.165, 1.54) is 22.3 Å². The maximum Gasteiger partial charge on any atom is 0.205 e. The van der Waals surface area contributed by atoms with Crippen molar-refractivity contribution in [3.05, 3.63) is 75.9 Å². The molecular weight excluding hydrogens is 380 g/mol. The Kier molecular flexibility index (Phi) is 5.38. The zero-order valence-corrected chi connectivity index (χ0v) is 16.1. The molecule has 138 valence electrons. The van der Waals surface area contributed by atoms with Crippen LogP contribution in [-0.4, -0.2) is 32.9 Å². The van der Waals surface area contributed by atoms with Gasteiger partial charge in [0.05, 0.1) is 12.6 Å². The molecule has 1 unspecified atom stereocenters. The average molecular weight is 399 g/mol. The number of aliphatic hydroxyl groups excluding tert-OH is 1. The molecule has 7 heteroatoms. The summed E-state index contributed by atoms with van der Waals surface area (Å²) in [5, 5.41) is 25.1. The van der Waals surface area contributed by atoms with Gasteiger partial charge in [-0.2, -0.15) is 0 Å². The standard InChI is InChI=1S/C20H19ClN4OS/c21-15-7-5-13(6-8-15)9-19-24-25-20(27-19)23-16(12-26)10-14-11-22-18-4-2-1-3-17(14)18/h1-8,11,16,22,26H,9-10,12H2,(H,23,25). The van der Waals surface area contributed by atoms with Crippen molar-refractivity contribution in [1.29, 1.82) is 0 Å².